The van der Waals surface area contributed by atoms with Crippen molar-refractivity contribution in [2.24, 2.45) is 0 Å². The van der Waals surface area contributed by atoms with E-state index < -0.39 is 0 Å². The predicted octanol–water partition coefficient (Wildman–Crippen LogP) is 5.97. The lowest BCUT2D eigenvalue weighted by Gasteiger charge is -2.16. The molecule has 9 nitrogen and oxygen atoms in total. The molecule has 0 spiro atoms. The van der Waals surface area contributed by atoms with Crippen LogP contribution >= 0.6 is 11.6 Å². The second-order valence-corrected chi connectivity index (χ2v) is 9.63. The molecule has 0 bridgehead atoms. The Balaban J connectivity index is 1.57. The van der Waals surface area contributed by atoms with Crippen LogP contribution < -0.4 is 15.4 Å². The molecule has 0 fully saturated rings. The number of aryl methyl sites for hydroxylation is 2. The summed E-state index contributed by atoms with van der Waals surface area (Å²) < 4.78 is 11.2. The zero-order chi connectivity index (χ0) is 27.2. The molecule has 4 aromatic rings. The number of nitrogens with zero attached hydrogens (tertiary/aromatic N) is 4. The number of benzene rings is 2. The Kier molecular flexibility index (Phi) is 8.46. The molecule has 0 saturated carbocycles. The number of hydrogen-bond acceptors (Lipinski definition) is 8. The van der Waals surface area contributed by atoms with Crippen molar-refractivity contribution in [1.82, 2.24) is 14.9 Å². The maximum atomic E-state index is 12.5. The average Bonchev–Trinajstić information content (AvgIpc) is 3.29. The molecular weight excluding hydrogens is 504 g/mol. The SMILES string of the molecule is Cc1cnc(COc2ccc(Nc3c(C#N)cnc4cc(C)c(NC(=O)CCCN(C)C)cc34)cc2Cl)o1. The van der Waals surface area contributed by atoms with Crippen LogP contribution in [0.3, 0.4) is 0 Å². The Bertz CT molecular complexity index is 1510. The number of nitriles is 1. The van der Waals surface area contributed by atoms with Gasteiger partial charge in [0.05, 0.1) is 28.0 Å². The van der Waals surface area contributed by atoms with Crippen LogP contribution in [0.1, 0.15) is 35.6 Å². The number of carbonyl (C=O) groups is 1. The van der Waals surface area contributed by atoms with Gasteiger partial charge in [0, 0.05) is 29.4 Å². The molecule has 196 valence electrons. The quantitative estimate of drug-likeness (QED) is 0.256. The molecule has 0 atom stereocenters. The van der Waals surface area contributed by atoms with E-state index >= 15 is 0 Å². The smallest absolute Gasteiger partial charge is 0.232 e. The minimum atomic E-state index is -0.0597. The molecule has 0 aliphatic rings. The number of rotatable bonds is 10. The molecule has 2 heterocycles. The number of nitrogens with one attached hydrogen (secondary N) is 2. The molecule has 0 aliphatic carbocycles. The Morgan fingerprint density at radius 1 is 1.18 bits per heavy atom. The summed E-state index contributed by atoms with van der Waals surface area (Å²) >= 11 is 6.48. The average molecular weight is 533 g/mol. The van der Waals surface area contributed by atoms with E-state index in [1.165, 1.54) is 6.20 Å². The number of aromatic nitrogens is 2. The van der Waals surface area contributed by atoms with Crippen LogP contribution in [-0.2, 0) is 11.4 Å². The van der Waals surface area contributed by atoms with Crippen LogP contribution in [0.4, 0.5) is 17.1 Å². The van der Waals surface area contributed by atoms with E-state index in [0.29, 0.717) is 62.4 Å². The van der Waals surface area contributed by atoms with Gasteiger partial charge in [-0.3, -0.25) is 9.78 Å². The summed E-state index contributed by atoms with van der Waals surface area (Å²) in [5.74, 6) is 1.58. The van der Waals surface area contributed by atoms with Crippen molar-refractivity contribution in [1.29, 1.82) is 5.26 Å². The first-order valence-electron chi connectivity index (χ1n) is 12.1. The van der Waals surface area contributed by atoms with E-state index in [0.717, 1.165) is 18.5 Å². The van der Waals surface area contributed by atoms with Crippen molar-refractivity contribution in [3.8, 4) is 11.8 Å². The molecule has 0 radical (unpaired) electrons. The first-order valence-corrected chi connectivity index (χ1v) is 12.5. The second-order valence-electron chi connectivity index (χ2n) is 9.22. The highest BCUT2D eigenvalue weighted by Crippen LogP contribution is 2.35. The molecule has 1 amide bonds. The van der Waals surface area contributed by atoms with E-state index in [2.05, 4.69) is 26.7 Å². The number of amides is 1. The van der Waals surface area contributed by atoms with E-state index in [-0.39, 0.29) is 12.5 Å². The van der Waals surface area contributed by atoms with Crippen molar-refractivity contribution in [2.75, 3.05) is 31.3 Å². The number of anilines is 3. The number of fused-ring (bicyclic) bond motifs is 1. The van der Waals surface area contributed by atoms with Gasteiger partial charge in [-0.25, -0.2) is 4.98 Å². The lowest BCUT2D eigenvalue weighted by molar-refractivity contribution is -0.116. The first kappa shape index (κ1) is 26.9. The van der Waals surface area contributed by atoms with Crippen molar-refractivity contribution in [3.63, 3.8) is 0 Å². The largest absolute Gasteiger partial charge is 0.482 e. The van der Waals surface area contributed by atoms with E-state index in [4.69, 9.17) is 20.8 Å². The third-order valence-corrected chi connectivity index (χ3v) is 6.13. The summed E-state index contributed by atoms with van der Waals surface area (Å²) in [5.41, 5.74) is 3.85. The first-order chi connectivity index (χ1) is 18.2. The van der Waals surface area contributed by atoms with Gasteiger partial charge in [-0.2, -0.15) is 5.26 Å². The summed E-state index contributed by atoms with van der Waals surface area (Å²) in [5, 5.41) is 17.2. The van der Waals surface area contributed by atoms with Gasteiger partial charge in [-0.15, -0.1) is 0 Å². The monoisotopic (exact) mass is 532 g/mol. The summed E-state index contributed by atoms with van der Waals surface area (Å²) in [6.07, 6.45) is 4.33. The summed E-state index contributed by atoms with van der Waals surface area (Å²) in [7, 11) is 3.96. The van der Waals surface area contributed by atoms with Crippen LogP contribution in [0.5, 0.6) is 5.75 Å². The third-order valence-electron chi connectivity index (χ3n) is 5.84. The van der Waals surface area contributed by atoms with Gasteiger partial charge in [0.25, 0.3) is 0 Å². The number of pyridine rings is 1. The third kappa shape index (κ3) is 6.59. The zero-order valence-corrected chi connectivity index (χ0v) is 22.5. The van der Waals surface area contributed by atoms with Crippen molar-refractivity contribution < 1.29 is 13.9 Å². The Morgan fingerprint density at radius 3 is 2.68 bits per heavy atom. The van der Waals surface area contributed by atoms with Crippen molar-refractivity contribution >= 4 is 45.5 Å². The predicted molar refractivity (Wildman–Crippen MR) is 148 cm³/mol. The minimum Gasteiger partial charge on any atom is -0.482 e. The van der Waals surface area contributed by atoms with Gasteiger partial charge < -0.3 is 24.7 Å². The molecule has 2 aromatic heterocycles. The van der Waals surface area contributed by atoms with Crippen LogP contribution in [0.25, 0.3) is 10.9 Å². The lowest BCUT2D eigenvalue weighted by Crippen LogP contribution is -2.17. The summed E-state index contributed by atoms with van der Waals surface area (Å²) in [6, 6.07) is 11.2. The van der Waals surface area contributed by atoms with Gasteiger partial charge in [0.2, 0.25) is 11.8 Å². The second kappa shape index (κ2) is 11.9. The Morgan fingerprint density at radius 2 is 2.00 bits per heavy atom. The molecule has 2 N–H and O–H groups in total. The minimum absolute atomic E-state index is 0.0597. The molecular formula is C28H29ClN6O3. The van der Waals surface area contributed by atoms with Crippen LogP contribution in [0.2, 0.25) is 5.02 Å². The molecule has 4 rings (SSSR count). The maximum absolute atomic E-state index is 12.5. The molecule has 0 aliphatic heterocycles. The van der Waals surface area contributed by atoms with Gasteiger partial charge in [-0.05, 0) is 76.8 Å². The fraction of sp³-hybridized carbons (Fsp3) is 0.286. The van der Waals surface area contributed by atoms with Gasteiger partial charge in [0.1, 0.15) is 17.6 Å². The number of carbonyl (C=O) groups excluding carboxylic acids is 1. The highest BCUT2D eigenvalue weighted by atomic mass is 35.5. The Hall–Kier alpha value is -4.13. The highest BCUT2D eigenvalue weighted by Gasteiger charge is 2.15. The van der Waals surface area contributed by atoms with E-state index in [9.17, 15) is 10.1 Å². The van der Waals surface area contributed by atoms with Crippen molar-refractivity contribution in [3.05, 3.63) is 70.5 Å². The molecule has 38 heavy (non-hydrogen) atoms. The maximum Gasteiger partial charge on any atom is 0.232 e. The normalized spacial score (nSPS) is 11.0. The zero-order valence-electron chi connectivity index (χ0n) is 21.8. The topological polar surface area (TPSA) is 116 Å². The van der Waals surface area contributed by atoms with Crippen LogP contribution in [-0.4, -0.2) is 41.4 Å². The van der Waals surface area contributed by atoms with E-state index in [1.54, 1.807) is 24.4 Å². The number of ether oxygens (including phenoxy) is 1. The van der Waals surface area contributed by atoms with Crippen LogP contribution in [0, 0.1) is 25.2 Å². The summed E-state index contributed by atoms with van der Waals surface area (Å²) in [4.78, 5) is 23.2. The highest BCUT2D eigenvalue weighted by molar-refractivity contribution is 6.32. The van der Waals surface area contributed by atoms with Gasteiger partial charge >= 0.3 is 0 Å². The number of halogens is 1. The van der Waals surface area contributed by atoms with E-state index in [1.807, 2.05) is 45.0 Å². The number of oxazole rings is 1. The van der Waals surface area contributed by atoms with Crippen LogP contribution in [0.15, 0.2) is 47.1 Å². The van der Waals surface area contributed by atoms with Gasteiger partial charge in [0.15, 0.2) is 6.61 Å². The molecule has 10 heteroatoms. The standard InChI is InChI=1S/C28H29ClN6O3/c1-17-10-24-21(12-23(17)34-26(36)6-5-9-35(3)4)28(19(13-30)15-31-24)33-20-7-8-25(22(29)11-20)37-16-27-32-14-18(2)38-27/h7-8,10-12,14-15H,5-6,9,16H2,1-4H3,(H,31,33)(H,34,36). The lowest BCUT2D eigenvalue weighted by atomic mass is 10.0. The van der Waals surface area contributed by atoms with Gasteiger partial charge in [-0.1, -0.05) is 11.6 Å². The molecule has 2 aromatic carbocycles. The summed E-state index contributed by atoms with van der Waals surface area (Å²) in [6.45, 7) is 4.71. The molecule has 0 unspecified atom stereocenters. The Labute approximate surface area is 226 Å². The van der Waals surface area contributed by atoms with Crippen molar-refractivity contribution in [2.45, 2.75) is 33.3 Å². The molecule has 0 saturated heterocycles. The fourth-order valence-electron chi connectivity index (χ4n) is 3.91. The fourth-order valence-corrected chi connectivity index (χ4v) is 4.15. The number of hydrogen-bond donors (Lipinski definition) is 2.